The van der Waals surface area contributed by atoms with Crippen molar-refractivity contribution in [2.45, 2.75) is 39.7 Å². The third kappa shape index (κ3) is 4.80. The van der Waals surface area contributed by atoms with E-state index < -0.39 is 0 Å². The molecule has 0 radical (unpaired) electrons. The van der Waals surface area contributed by atoms with E-state index in [1.54, 1.807) is 0 Å². The molecule has 6 heteroatoms. The van der Waals surface area contributed by atoms with Crippen LogP contribution >= 0.6 is 0 Å². The van der Waals surface area contributed by atoms with Crippen LogP contribution in [0.2, 0.25) is 0 Å². The topological polar surface area (TPSA) is 61.9 Å². The lowest BCUT2D eigenvalue weighted by Gasteiger charge is -2.39. The van der Waals surface area contributed by atoms with E-state index >= 15 is 0 Å². The van der Waals surface area contributed by atoms with Gasteiger partial charge in [0.2, 0.25) is 5.91 Å². The Kier molecular flexibility index (Phi) is 6.37. The zero-order valence-corrected chi connectivity index (χ0v) is 16.6. The summed E-state index contributed by atoms with van der Waals surface area (Å²) in [6, 6.07) is 7.66. The van der Waals surface area contributed by atoms with E-state index in [0.717, 1.165) is 19.0 Å². The highest BCUT2D eigenvalue weighted by Gasteiger charge is 2.29. The quantitative estimate of drug-likeness (QED) is 0.831. The fourth-order valence-corrected chi connectivity index (χ4v) is 3.89. The maximum atomic E-state index is 12.6. The van der Waals surface area contributed by atoms with Crippen LogP contribution in [0.25, 0.3) is 0 Å². The van der Waals surface area contributed by atoms with Crippen molar-refractivity contribution in [2.75, 3.05) is 37.7 Å². The van der Waals surface area contributed by atoms with Crippen LogP contribution in [0.4, 0.5) is 5.69 Å². The minimum atomic E-state index is -0.186. The highest BCUT2D eigenvalue weighted by Crippen LogP contribution is 2.31. The summed E-state index contributed by atoms with van der Waals surface area (Å²) in [6.07, 6.45) is 2.44. The molecule has 1 saturated heterocycles. The molecule has 27 heavy (non-hydrogen) atoms. The Balaban J connectivity index is 1.58. The minimum Gasteiger partial charge on any atom is -0.482 e. The molecule has 148 valence electrons. The van der Waals surface area contributed by atoms with E-state index in [4.69, 9.17) is 4.74 Å². The summed E-state index contributed by atoms with van der Waals surface area (Å²) < 4.78 is 5.44. The highest BCUT2D eigenvalue weighted by molar-refractivity contribution is 6.02. The average molecular weight is 373 g/mol. The standard InChI is InChI=1S/C21H31N3O3/c1-15(2)18(23-10-8-16(3)9-11-23)12-22-20(25)13-24-17-6-4-5-7-19(17)27-14-21(24)26/h4-7,15-16,18H,8-14H2,1-3H3,(H,22,25). The van der Waals surface area contributed by atoms with Gasteiger partial charge in [-0.3, -0.25) is 19.4 Å². The van der Waals surface area contributed by atoms with E-state index in [9.17, 15) is 9.59 Å². The molecule has 1 aromatic rings. The molecule has 1 fully saturated rings. The van der Waals surface area contributed by atoms with Crippen LogP contribution in [0.15, 0.2) is 24.3 Å². The molecule has 0 bridgehead atoms. The molecule has 1 unspecified atom stereocenters. The number of nitrogens with zero attached hydrogens (tertiary/aromatic N) is 2. The van der Waals surface area contributed by atoms with E-state index in [1.807, 2.05) is 24.3 Å². The van der Waals surface area contributed by atoms with Gasteiger partial charge in [-0.25, -0.2) is 0 Å². The fourth-order valence-electron chi connectivity index (χ4n) is 3.89. The first-order chi connectivity index (χ1) is 13.0. The number of fused-ring (bicyclic) bond motifs is 1. The van der Waals surface area contributed by atoms with Crippen LogP contribution in [0, 0.1) is 11.8 Å². The molecule has 1 aromatic carbocycles. The Labute approximate surface area is 161 Å². The van der Waals surface area contributed by atoms with Gasteiger partial charge < -0.3 is 10.1 Å². The summed E-state index contributed by atoms with van der Waals surface area (Å²) in [7, 11) is 0. The normalized spacial score (nSPS) is 19.6. The summed E-state index contributed by atoms with van der Waals surface area (Å²) in [5, 5.41) is 3.06. The van der Waals surface area contributed by atoms with Crippen molar-refractivity contribution in [2.24, 2.45) is 11.8 Å². The lowest BCUT2D eigenvalue weighted by molar-refractivity contribution is -0.125. The van der Waals surface area contributed by atoms with Crippen molar-refractivity contribution in [1.82, 2.24) is 10.2 Å². The Morgan fingerprint density at radius 3 is 2.67 bits per heavy atom. The number of anilines is 1. The van der Waals surface area contributed by atoms with Gasteiger partial charge in [0, 0.05) is 12.6 Å². The minimum absolute atomic E-state index is 0.0229. The zero-order valence-electron chi connectivity index (χ0n) is 16.6. The monoisotopic (exact) mass is 373 g/mol. The third-order valence-corrected chi connectivity index (χ3v) is 5.68. The van der Waals surface area contributed by atoms with Gasteiger partial charge in [0.05, 0.1) is 5.69 Å². The zero-order chi connectivity index (χ0) is 19.4. The number of benzene rings is 1. The Hall–Kier alpha value is -2.08. The number of rotatable bonds is 6. The van der Waals surface area contributed by atoms with Gasteiger partial charge in [-0.2, -0.15) is 0 Å². The molecule has 2 amide bonds. The molecule has 0 saturated carbocycles. The molecule has 2 aliphatic heterocycles. The van der Waals surface area contributed by atoms with Crippen LogP contribution in [0.1, 0.15) is 33.6 Å². The number of ether oxygens (including phenoxy) is 1. The van der Waals surface area contributed by atoms with Gasteiger partial charge in [-0.15, -0.1) is 0 Å². The Bertz CT molecular complexity index is 668. The molecule has 0 spiro atoms. The Morgan fingerprint density at radius 1 is 1.26 bits per heavy atom. The number of likely N-dealkylation sites (tertiary alicyclic amines) is 1. The van der Waals surface area contributed by atoms with E-state index in [2.05, 4.69) is 31.0 Å². The van der Waals surface area contributed by atoms with Gasteiger partial charge in [0.1, 0.15) is 12.3 Å². The second kappa shape index (κ2) is 8.74. The molecular weight excluding hydrogens is 342 g/mol. The summed E-state index contributed by atoms with van der Waals surface area (Å²) in [5.41, 5.74) is 0.661. The predicted molar refractivity (Wildman–Crippen MR) is 106 cm³/mol. The van der Waals surface area contributed by atoms with Gasteiger partial charge in [-0.05, 0) is 49.9 Å². The number of para-hydroxylation sites is 2. The summed E-state index contributed by atoms with van der Waals surface area (Å²) in [5.74, 6) is 1.58. The molecule has 1 atom stereocenters. The van der Waals surface area contributed by atoms with E-state index in [0.29, 0.717) is 29.9 Å². The van der Waals surface area contributed by atoms with Crippen LogP contribution in [-0.2, 0) is 9.59 Å². The number of hydrogen-bond donors (Lipinski definition) is 1. The van der Waals surface area contributed by atoms with Gasteiger partial charge >= 0.3 is 0 Å². The van der Waals surface area contributed by atoms with Gasteiger partial charge in [-0.1, -0.05) is 32.9 Å². The van der Waals surface area contributed by atoms with E-state index in [-0.39, 0.29) is 25.0 Å². The first-order valence-electron chi connectivity index (χ1n) is 9.98. The molecule has 0 aromatic heterocycles. The SMILES string of the molecule is CC1CCN(C(CNC(=O)CN2C(=O)COc3ccccc32)C(C)C)CC1. The van der Waals surface area contributed by atoms with Gasteiger partial charge in [0.25, 0.3) is 5.91 Å². The second-order valence-electron chi connectivity index (χ2n) is 8.07. The molecule has 6 nitrogen and oxygen atoms in total. The maximum Gasteiger partial charge on any atom is 0.265 e. The second-order valence-corrected chi connectivity index (χ2v) is 8.07. The first-order valence-corrected chi connectivity index (χ1v) is 9.98. The van der Waals surface area contributed by atoms with Crippen molar-refractivity contribution in [3.63, 3.8) is 0 Å². The van der Waals surface area contributed by atoms with Crippen LogP contribution in [0.5, 0.6) is 5.75 Å². The van der Waals surface area contributed by atoms with Crippen LogP contribution in [0.3, 0.4) is 0 Å². The number of nitrogens with one attached hydrogen (secondary N) is 1. The number of amides is 2. The number of piperidine rings is 1. The highest BCUT2D eigenvalue weighted by atomic mass is 16.5. The lowest BCUT2D eigenvalue weighted by Crippen LogP contribution is -2.51. The molecule has 2 aliphatic rings. The van der Waals surface area contributed by atoms with Crippen molar-refractivity contribution >= 4 is 17.5 Å². The van der Waals surface area contributed by atoms with Crippen molar-refractivity contribution in [3.05, 3.63) is 24.3 Å². The summed E-state index contributed by atoms with van der Waals surface area (Å²) in [6.45, 7) is 9.52. The molecule has 2 heterocycles. The maximum absolute atomic E-state index is 12.6. The number of hydrogen-bond acceptors (Lipinski definition) is 4. The molecule has 0 aliphatic carbocycles. The molecular formula is C21H31N3O3. The number of carbonyl (C=O) groups excluding carboxylic acids is 2. The van der Waals surface area contributed by atoms with Crippen molar-refractivity contribution in [3.8, 4) is 5.75 Å². The van der Waals surface area contributed by atoms with Gasteiger partial charge in [0.15, 0.2) is 6.61 Å². The third-order valence-electron chi connectivity index (χ3n) is 5.68. The summed E-state index contributed by atoms with van der Waals surface area (Å²) >= 11 is 0. The van der Waals surface area contributed by atoms with Crippen molar-refractivity contribution < 1.29 is 14.3 Å². The predicted octanol–water partition coefficient (Wildman–Crippen LogP) is 2.28. The molecule has 3 rings (SSSR count). The average Bonchev–Trinajstić information content (AvgIpc) is 2.65. The fraction of sp³-hybridized carbons (Fsp3) is 0.619. The number of carbonyl (C=O) groups is 2. The molecule has 1 N–H and O–H groups in total. The largest absolute Gasteiger partial charge is 0.482 e. The van der Waals surface area contributed by atoms with E-state index in [1.165, 1.54) is 17.7 Å². The summed E-state index contributed by atoms with van der Waals surface area (Å²) in [4.78, 5) is 28.8. The van der Waals surface area contributed by atoms with Crippen LogP contribution in [-0.4, -0.2) is 55.5 Å². The van der Waals surface area contributed by atoms with Crippen LogP contribution < -0.4 is 15.0 Å². The lowest BCUT2D eigenvalue weighted by atomic mass is 9.94. The Morgan fingerprint density at radius 2 is 1.96 bits per heavy atom. The first kappa shape index (κ1) is 19.7. The smallest absolute Gasteiger partial charge is 0.265 e. The van der Waals surface area contributed by atoms with Crippen molar-refractivity contribution in [1.29, 1.82) is 0 Å².